The zero-order valence-corrected chi connectivity index (χ0v) is 9.53. The summed E-state index contributed by atoms with van der Waals surface area (Å²) in [6.07, 6.45) is 0. The van der Waals surface area contributed by atoms with Crippen molar-refractivity contribution in [2.24, 2.45) is 0 Å². The van der Waals surface area contributed by atoms with Crippen LogP contribution in [0.3, 0.4) is 0 Å². The summed E-state index contributed by atoms with van der Waals surface area (Å²) in [5, 5.41) is 0.308. The minimum atomic E-state index is -1.11. The molecular weight excluding hydrogens is 246 g/mol. The molecule has 1 rings (SSSR count). The van der Waals surface area contributed by atoms with Crippen molar-refractivity contribution in [3.63, 3.8) is 0 Å². The zero-order valence-electron chi connectivity index (χ0n) is 7.26. The van der Waals surface area contributed by atoms with Crippen LogP contribution < -0.4 is 4.74 Å². The fraction of sp³-hybridized carbons (Fsp3) is 0.222. The van der Waals surface area contributed by atoms with Gasteiger partial charge in [0.15, 0.2) is 10.6 Å². The van der Waals surface area contributed by atoms with E-state index in [1.807, 2.05) is 0 Å². The molecule has 0 spiro atoms. The first-order valence-corrected chi connectivity index (χ1v) is 4.97. The molecule has 0 unspecified atom stereocenters. The van der Waals surface area contributed by atoms with Crippen LogP contribution in [0.4, 0.5) is 0 Å². The number of Topliss-reactive ketones (excluding diaryl/α,β-unsaturated/α-hetero) is 1. The predicted molar refractivity (Wildman–Crippen MR) is 57.8 cm³/mol. The zero-order chi connectivity index (χ0) is 10.7. The van der Waals surface area contributed by atoms with Gasteiger partial charge < -0.3 is 4.74 Å². The largest absolute Gasteiger partial charge is 0.497 e. The van der Waals surface area contributed by atoms with Crippen molar-refractivity contribution in [3.8, 4) is 5.75 Å². The number of ether oxygens (including phenoxy) is 1. The van der Waals surface area contributed by atoms with E-state index in [1.54, 1.807) is 12.1 Å². The molecule has 0 fully saturated rings. The molecule has 1 aromatic rings. The van der Waals surface area contributed by atoms with Gasteiger partial charge in [-0.25, -0.2) is 0 Å². The molecule has 2 nitrogen and oxygen atoms in total. The molecule has 5 heteroatoms. The molecule has 0 aliphatic heterocycles. The van der Waals surface area contributed by atoms with E-state index in [0.717, 1.165) is 0 Å². The Bertz CT molecular complexity index is 350. The number of ketones is 1. The standard InChI is InChI=1S/C9H7Cl3O2/c1-14-5-2-3-7(10)6(4-5)8(13)9(11)12/h2-4,9H,1H3. The molecule has 76 valence electrons. The SMILES string of the molecule is COc1ccc(Cl)c(C(=O)C(Cl)Cl)c1. The second kappa shape index (κ2) is 4.87. The fourth-order valence-corrected chi connectivity index (χ4v) is 1.38. The third-order valence-corrected chi connectivity index (χ3v) is 2.36. The third kappa shape index (κ3) is 2.53. The van der Waals surface area contributed by atoms with E-state index in [-0.39, 0.29) is 5.56 Å². The molecule has 0 bridgehead atoms. The van der Waals surface area contributed by atoms with E-state index >= 15 is 0 Å². The van der Waals surface area contributed by atoms with Crippen LogP contribution in [-0.4, -0.2) is 17.7 Å². The third-order valence-electron chi connectivity index (χ3n) is 1.64. The molecule has 0 heterocycles. The van der Waals surface area contributed by atoms with Gasteiger partial charge in [0.05, 0.1) is 12.1 Å². The van der Waals surface area contributed by atoms with Gasteiger partial charge in [0.25, 0.3) is 0 Å². The van der Waals surface area contributed by atoms with E-state index in [9.17, 15) is 4.79 Å². The summed E-state index contributed by atoms with van der Waals surface area (Å²) in [6, 6.07) is 4.71. The number of benzene rings is 1. The second-order valence-electron chi connectivity index (χ2n) is 2.51. The highest BCUT2D eigenvalue weighted by molar-refractivity contribution is 6.56. The summed E-state index contributed by atoms with van der Waals surface area (Å²) in [6.45, 7) is 0. The second-order valence-corrected chi connectivity index (χ2v) is 4.01. The van der Waals surface area contributed by atoms with Crippen LogP contribution in [0.1, 0.15) is 10.4 Å². The summed E-state index contributed by atoms with van der Waals surface area (Å²) < 4.78 is 4.94. The number of rotatable bonds is 3. The molecule has 0 N–H and O–H groups in total. The lowest BCUT2D eigenvalue weighted by Crippen LogP contribution is -2.08. The van der Waals surface area contributed by atoms with Crippen molar-refractivity contribution in [1.82, 2.24) is 0 Å². The van der Waals surface area contributed by atoms with Crippen LogP contribution in [0.2, 0.25) is 5.02 Å². The smallest absolute Gasteiger partial charge is 0.197 e. The lowest BCUT2D eigenvalue weighted by Gasteiger charge is -2.06. The van der Waals surface area contributed by atoms with Crippen molar-refractivity contribution in [2.45, 2.75) is 4.84 Å². The average Bonchev–Trinajstić information content (AvgIpc) is 2.17. The highest BCUT2D eigenvalue weighted by atomic mass is 35.5. The maximum Gasteiger partial charge on any atom is 0.197 e. The van der Waals surface area contributed by atoms with Crippen molar-refractivity contribution in [3.05, 3.63) is 28.8 Å². The summed E-state index contributed by atoms with van der Waals surface area (Å²) in [5.41, 5.74) is 0.265. The van der Waals surface area contributed by atoms with Crippen molar-refractivity contribution >= 4 is 40.6 Å². The first-order valence-electron chi connectivity index (χ1n) is 3.72. The summed E-state index contributed by atoms with van der Waals surface area (Å²) >= 11 is 16.7. The Kier molecular flexibility index (Phi) is 4.05. The van der Waals surface area contributed by atoms with Crippen LogP contribution in [0.15, 0.2) is 18.2 Å². The highest BCUT2D eigenvalue weighted by Gasteiger charge is 2.17. The molecule has 0 saturated heterocycles. The van der Waals surface area contributed by atoms with Gasteiger partial charge >= 0.3 is 0 Å². The molecule has 0 atom stereocenters. The van der Waals surface area contributed by atoms with Crippen LogP contribution in [0, 0.1) is 0 Å². The van der Waals surface area contributed by atoms with Gasteiger partial charge in [0.2, 0.25) is 0 Å². The Morgan fingerprint density at radius 3 is 2.57 bits per heavy atom. The van der Waals surface area contributed by atoms with E-state index in [0.29, 0.717) is 10.8 Å². The Morgan fingerprint density at radius 1 is 1.43 bits per heavy atom. The topological polar surface area (TPSA) is 26.3 Å². The van der Waals surface area contributed by atoms with Gasteiger partial charge in [0, 0.05) is 5.56 Å². The minimum Gasteiger partial charge on any atom is -0.497 e. The summed E-state index contributed by atoms with van der Waals surface area (Å²) in [7, 11) is 1.50. The number of carbonyl (C=O) groups is 1. The molecule has 0 aromatic heterocycles. The summed E-state index contributed by atoms with van der Waals surface area (Å²) in [5.74, 6) is 0.101. The monoisotopic (exact) mass is 252 g/mol. The highest BCUT2D eigenvalue weighted by Crippen LogP contribution is 2.25. The Labute approximate surface area is 96.7 Å². The number of hydrogen-bond donors (Lipinski definition) is 0. The average molecular weight is 254 g/mol. The molecule has 0 aliphatic rings. The van der Waals surface area contributed by atoms with E-state index in [1.165, 1.54) is 13.2 Å². The minimum absolute atomic E-state index is 0.265. The number of hydrogen-bond acceptors (Lipinski definition) is 2. The van der Waals surface area contributed by atoms with Crippen LogP contribution >= 0.6 is 34.8 Å². The number of alkyl halides is 2. The number of methoxy groups -OCH3 is 1. The maximum absolute atomic E-state index is 11.4. The van der Waals surface area contributed by atoms with Gasteiger partial charge in [-0.15, -0.1) is 0 Å². The molecule has 0 radical (unpaired) electrons. The first-order chi connectivity index (χ1) is 6.56. The molecule has 1 aromatic carbocycles. The lowest BCUT2D eigenvalue weighted by atomic mass is 10.1. The van der Waals surface area contributed by atoms with Gasteiger partial charge in [0.1, 0.15) is 5.75 Å². The van der Waals surface area contributed by atoms with Gasteiger partial charge in [-0.2, -0.15) is 0 Å². The van der Waals surface area contributed by atoms with E-state index < -0.39 is 10.6 Å². The normalized spacial score (nSPS) is 10.4. The number of carbonyl (C=O) groups excluding carboxylic acids is 1. The lowest BCUT2D eigenvalue weighted by molar-refractivity contribution is 0.101. The van der Waals surface area contributed by atoms with Crippen LogP contribution in [0.5, 0.6) is 5.75 Å². The van der Waals surface area contributed by atoms with E-state index in [2.05, 4.69) is 0 Å². The molecule has 0 saturated carbocycles. The van der Waals surface area contributed by atoms with Crippen molar-refractivity contribution < 1.29 is 9.53 Å². The Hall–Kier alpha value is -0.440. The fourth-order valence-electron chi connectivity index (χ4n) is 0.938. The van der Waals surface area contributed by atoms with E-state index in [4.69, 9.17) is 39.5 Å². The Morgan fingerprint density at radius 2 is 2.07 bits per heavy atom. The van der Waals surface area contributed by atoms with Crippen LogP contribution in [0.25, 0.3) is 0 Å². The van der Waals surface area contributed by atoms with Gasteiger partial charge in [-0.3, -0.25) is 4.79 Å². The van der Waals surface area contributed by atoms with Gasteiger partial charge in [-0.05, 0) is 18.2 Å². The molecule has 14 heavy (non-hydrogen) atoms. The molecular formula is C9H7Cl3O2. The summed E-state index contributed by atoms with van der Waals surface area (Å²) in [4.78, 5) is 10.3. The van der Waals surface area contributed by atoms with Crippen LogP contribution in [-0.2, 0) is 0 Å². The molecule has 0 amide bonds. The van der Waals surface area contributed by atoms with Crippen molar-refractivity contribution in [1.29, 1.82) is 0 Å². The predicted octanol–water partition coefficient (Wildman–Crippen LogP) is 3.34. The Balaban J connectivity index is 3.12. The maximum atomic E-state index is 11.4. The first kappa shape index (κ1) is 11.6. The van der Waals surface area contributed by atoms with Gasteiger partial charge in [-0.1, -0.05) is 34.8 Å². The quantitative estimate of drug-likeness (QED) is 0.610. The van der Waals surface area contributed by atoms with Crippen molar-refractivity contribution in [2.75, 3.05) is 7.11 Å². The molecule has 0 aliphatic carbocycles. The number of halogens is 3.